The molecule has 270 valence electrons. The summed E-state index contributed by atoms with van der Waals surface area (Å²) >= 11 is 3.67. The Hall–Kier alpha value is -5.16. The van der Waals surface area contributed by atoms with Crippen LogP contribution in [0.5, 0.6) is 5.75 Å². The van der Waals surface area contributed by atoms with Gasteiger partial charge in [0, 0.05) is 97.2 Å². The number of rotatable bonds is 7. The summed E-state index contributed by atoms with van der Waals surface area (Å²) in [5, 5.41) is 11.1. The van der Waals surface area contributed by atoms with E-state index < -0.39 is 0 Å². The van der Waals surface area contributed by atoms with E-state index in [1.165, 1.54) is 11.1 Å². The van der Waals surface area contributed by atoms with Crippen LogP contribution in [0, 0.1) is 6.92 Å². The lowest BCUT2D eigenvalue weighted by molar-refractivity contribution is 0.0535. The molecule has 4 aromatic carbocycles. The van der Waals surface area contributed by atoms with Gasteiger partial charge in [-0.1, -0.05) is 40.2 Å². The van der Waals surface area contributed by atoms with Crippen molar-refractivity contribution in [1.29, 1.82) is 0 Å². The van der Waals surface area contributed by atoms with Gasteiger partial charge in [-0.05, 0) is 104 Å². The van der Waals surface area contributed by atoms with Gasteiger partial charge in [-0.2, -0.15) is 0 Å². The van der Waals surface area contributed by atoms with E-state index in [4.69, 9.17) is 0 Å². The summed E-state index contributed by atoms with van der Waals surface area (Å²) in [4.78, 5) is 38.1. The highest BCUT2D eigenvalue weighted by Crippen LogP contribution is 2.34. The second kappa shape index (κ2) is 14.3. The van der Waals surface area contributed by atoms with Crippen LogP contribution in [0.3, 0.4) is 0 Å². The van der Waals surface area contributed by atoms with E-state index in [0.717, 1.165) is 60.2 Å². The van der Waals surface area contributed by atoms with Crippen molar-refractivity contribution in [2.75, 3.05) is 44.7 Å². The van der Waals surface area contributed by atoms with E-state index in [1.54, 1.807) is 29.2 Å². The number of aryl methyl sites for hydroxylation is 2. The molecule has 2 aliphatic rings. The number of amides is 2. The third-order valence-electron chi connectivity index (χ3n) is 10.8. The van der Waals surface area contributed by atoms with Gasteiger partial charge in [-0.3, -0.25) is 19.4 Å². The molecule has 1 atom stereocenters. The van der Waals surface area contributed by atoms with Crippen molar-refractivity contribution in [3.05, 3.63) is 142 Å². The van der Waals surface area contributed by atoms with Crippen molar-refractivity contribution in [3.8, 4) is 11.4 Å². The van der Waals surface area contributed by atoms with Gasteiger partial charge in [0.05, 0.1) is 16.8 Å². The maximum atomic E-state index is 14.9. The van der Waals surface area contributed by atoms with Crippen LogP contribution in [0.4, 0.5) is 11.4 Å². The van der Waals surface area contributed by atoms with Crippen molar-refractivity contribution in [2.45, 2.75) is 25.9 Å². The molecule has 0 spiro atoms. The smallest absolute Gasteiger partial charge is 0.264 e. The Morgan fingerprint density at radius 3 is 2.36 bits per heavy atom. The van der Waals surface area contributed by atoms with Crippen LogP contribution in [0.1, 0.15) is 37.5 Å². The zero-order chi connectivity index (χ0) is 36.8. The number of likely N-dealkylation sites (N-methyl/N-ethyl adjacent to an activating group) is 1. The van der Waals surface area contributed by atoms with Gasteiger partial charge in [0.1, 0.15) is 5.75 Å². The first-order chi connectivity index (χ1) is 25.6. The van der Waals surface area contributed by atoms with Gasteiger partial charge in [0.15, 0.2) is 0 Å². The Morgan fingerprint density at radius 2 is 1.58 bits per heavy atom. The SMILES string of the molecule is Cc1cc(C(=O)N(c2ccc(O)cc2)c2ccc3c(ccn3C)c2)cn1-c1cc(Br)ccc1C(=O)N1Cc2ccccc2C[C@H]1CN1CCN(C)CC1. The zero-order valence-electron chi connectivity index (χ0n) is 30.2. The zero-order valence-corrected chi connectivity index (χ0v) is 31.8. The molecular weight excluding hydrogens is 728 g/mol. The molecule has 2 aliphatic heterocycles. The molecule has 0 unspecified atom stereocenters. The molecule has 8 rings (SSSR count). The predicted molar refractivity (Wildman–Crippen MR) is 213 cm³/mol. The van der Waals surface area contributed by atoms with Crippen LogP contribution in [0.15, 0.2) is 114 Å². The summed E-state index contributed by atoms with van der Waals surface area (Å²) in [6.07, 6.45) is 4.64. The summed E-state index contributed by atoms with van der Waals surface area (Å²) in [7, 11) is 4.16. The lowest BCUT2D eigenvalue weighted by atomic mass is 9.92. The van der Waals surface area contributed by atoms with Crippen molar-refractivity contribution in [3.63, 3.8) is 0 Å². The number of piperazine rings is 1. The number of halogens is 1. The molecule has 6 aromatic rings. The van der Waals surface area contributed by atoms with Crippen molar-refractivity contribution in [2.24, 2.45) is 7.05 Å². The number of hydrogen-bond donors (Lipinski definition) is 1. The summed E-state index contributed by atoms with van der Waals surface area (Å²) in [5.41, 5.74) is 7.47. The van der Waals surface area contributed by atoms with Crippen molar-refractivity contribution in [1.82, 2.24) is 23.8 Å². The number of anilines is 2. The molecule has 0 bridgehead atoms. The molecule has 1 saturated heterocycles. The largest absolute Gasteiger partial charge is 0.508 e. The molecule has 0 radical (unpaired) electrons. The number of carbonyl (C=O) groups excluding carboxylic acids is 2. The molecular formula is C43H43BrN6O3. The van der Waals surface area contributed by atoms with Gasteiger partial charge in [-0.15, -0.1) is 0 Å². The van der Waals surface area contributed by atoms with E-state index in [1.807, 2.05) is 84.0 Å². The van der Waals surface area contributed by atoms with Crippen LogP contribution in [0.2, 0.25) is 0 Å². The molecule has 4 heterocycles. The van der Waals surface area contributed by atoms with Crippen LogP contribution in [-0.4, -0.2) is 86.6 Å². The number of carbonyl (C=O) groups is 2. The summed E-state index contributed by atoms with van der Waals surface area (Å²) in [6.45, 7) is 7.34. The molecule has 0 saturated carbocycles. The molecule has 0 aliphatic carbocycles. The fourth-order valence-corrected chi connectivity index (χ4v) is 8.18. The second-order valence-corrected chi connectivity index (χ2v) is 15.3. The highest BCUT2D eigenvalue weighted by molar-refractivity contribution is 9.10. The van der Waals surface area contributed by atoms with E-state index in [0.29, 0.717) is 34.7 Å². The summed E-state index contributed by atoms with van der Waals surface area (Å²) in [6, 6.07) is 30.8. The fraction of sp³-hybridized carbons (Fsp3) is 0.256. The average molecular weight is 772 g/mol. The first-order valence-corrected chi connectivity index (χ1v) is 18.9. The number of aromatic nitrogens is 2. The van der Waals surface area contributed by atoms with E-state index in [9.17, 15) is 14.7 Å². The minimum Gasteiger partial charge on any atom is -0.508 e. The lowest BCUT2D eigenvalue weighted by Gasteiger charge is -2.41. The van der Waals surface area contributed by atoms with Crippen LogP contribution in [-0.2, 0) is 20.0 Å². The monoisotopic (exact) mass is 770 g/mol. The Kier molecular flexibility index (Phi) is 9.44. The lowest BCUT2D eigenvalue weighted by Crippen LogP contribution is -2.53. The minimum absolute atomic E-state index is 0.0241. The fourth-order valence-electron chi connectivity index (χ4n) is 7.83. The number of phenols is 1. The quantitative estimate of drug-likeness (QED) is 0.182. The number of hydrogen-bond acceptors (Lipinski definition) is 5. The molecule has 10 heteroatoms. The molecule has 2 amide bonds. The average Bonchev–Trinajstić information content (AvgIpc) is 3.74. The van der Waals surface area contributed by atoms with Gasteiger partial charge >= 0.3 is 0 Å². The number of phenolic OH excluding ortho intramolecular Hbond substituents is 1. The number of fused-ring (bicyclic) bond motifs is 2. The molecule has 9 nitrogen and oxygen atoms in total. The number of aromatic hydroxyl groups is 1. The van der Waals surface area contributed by atoms with E-state index >= 15 is 0 Å². The Balaban J connectivity index is 1.15. The standard InChI is InChI=1S/C43H43BrN6O3/c1-29-22-33(42(52)50(35-9-12-38(51)13-10-35)36-11-15-40-31(24-36)16-17-46(40)3)27-48(29)41-25-34(44)8-14-39(41)43(53)49-26-32-7-5-4-6-30(32)23-37(49)28-47-20-18-45(2)19-21-47/h4-17,22,24-25,27,37,51H,18-21,23,26,28H2,1-3H3/t37-/m0/s1. The number of nitrogens with zero attached hydrogens (tertiary/aromatic N) is 6. The summed E-state index contributed by atoms with van der Waals surface area (Å²) < 4.78 is 4.84. The molecule has 1 N–H and O–H groups in total. The molecule has 53 heavy (non-hydrogen) atoms. The highest BCUT2D eigenvalue weighted by Gasteiger charge is 2.34. The van der Waals surface area contributed by atoms with E-state index in [-0.39, 0.29) is 23.6 Å². The van der Waals surface area contributed by atoms with Gasteiger partial charge in [0.2, 0.25) is 0 Å². The van der Waals surface area contributed by atoms with Gasteiger partial charge < -0.3 is 24.0 Å². The van der Waals surface area contributed by atoms with Crippen LogP contribution < -0.4 is 4.90 Å². The van der Waals surface area contributed by atoms with Crippen molar-refractivity contribution >= 4 is 50.0 Å². The van der Waals surface area contributed by atoms with E-state index in [2.05, 4.69) is 61.9 Å². The number of benzene rings is 4. The first-order valence-electron chi connectivity index (χ1n) is 18.1. The Labute approximate surface area is 318 Å². The third-order valence-corrected chi connectivity index (χ3v) is 11.3. The predicted octanol–water partition coefficient (Wildman–Crippen LogP) is 7.54. The highest BCUT2D eigenvalue weighted by atomic mass is 79.9. The Morgan fingerprint density at radius 1 is 0.849 bits per heavy atom. The second-order valence-electron chi connectivity index (χ2n) is 14.4. The normalized spacial score (nSPS) is 16.5. The molecule has 2 aromatic heterocycles. The summed E-state index contributed by atoms with van der Waals surface area (Å²) in [5.74, 6) is -0.129. The van der Waals surface area contributed by atoms with Crippen molar-refractivity contribution < 1.29 is 14.7 Å². The van der Waals surface area contributed by atoms with Gasteiger partial charge in [-0.25, -0.2) is 0 Å². The first kappa shape index (κ1) is 34.9. The maximum Gasteiger partial charge on any atom is 0.264 e. The van der Waals surface area contributed by atoms with Gasteiger partial charge in [0.25, 0.3) is 11.8 Å². The topological polar surface area (TPSA) is 77.2 Å². The Bertz CT molecular complexity index is 2320. The molecule has 1 fully saturated rings. The maximum absolute atomic E-state index is 14.9. The van der Waals surface area contributed by atoms with Crippen LogP contribution >= 0.6 is 15.9 Å². The minimum atomic E-state index is -0.226. The van der Waals surface area contributed by atoms with Crippen LogP contribution in [0.25, 0.3) is 16.6 Å². The third kappa shape index (κ3) is 6.90.